The lowest BCUT2D eigenvalue weighted by molar-refractivity contribution is -0.412. The van der Waals surface area contributed by atoms with Crippen LogP contribution in [-0.4, -0.2) is 6.10 Å². The lowest BCUT2D eigenvalue weighted by atomic mass is 10.2. The van der Waals surface area contributed by atoms with Crippen LogP contribution in [0.5, 0.6) is 0 Å². The first kappa shape index (κ1) is 10.4. The van der Waals surface area contributed by atoms with Crippen molar-refractivity contribution in [2.75, 3.05) is 0 Å². The highest BCUT2D eigenvalue weighted by atomic mass is 16.3. The zero-order valence-corrected chi connectivity index (χ0v) is 7.42. The van der Waals surface area contributed by atoms with Crippen molar-refractivity contribution in [1.29, 1.82) is 0 Å². The molecule has 0 N–H and O–H groups in total. The number of hydrogen-bond acceptors (Lipinski definition) is 1. The van der Waals surface area contributed by atoms with Gasteiger partial charge in [-0.1, -0.05) is 38.2 Å². The van der Waals surface area contributed by atoms with E-state index in [1.54, 1.807) is 6.92 Å². The largest absolute Gasteiger partial charge is 0.852 e. The Balaban J connectivity index is 3.23. The molecule has 1 unspecified atom stereocenters. The Morgan fingerprint density at radius 3 is 2.36 bits per heavy atom. The minimum Gasteiger partial charge on any atom is -0.852 e. The molecule has 0 fully saturated rings. The molecular formula is C10H17O-. The van der Waals surface area contributed by atoms with Crippen LogP contribution in [0.15, 0.2) is 24.3 Å². The van der Waals surface area contributed by atoms with Crippen molar-refractivity contribution in [3.8, 4) is 0 Å². The summed E-state index contributed by atoms with van der Waals surface area (Å²) in [5.41, 5.74) is 0. The Kier molecular flexibility index (Phi) is 7.16. The highest BCUT2D eigenvalue weighted by Gasteiger charge is 1.77. The molecule has 0 radical (unpaired) electrons. The molecule has 0 aliphatic carbocycles. The molecular weight excluding hydrogens is 136 g/mol. The molecule has 11 heavy (non-hydrogen) atoms. The minimum atomic E-state index is -0.457. The molecule has 0 aromatic carbocycles. The van der Waals surface area contributed by atoms with Crippen molar-refractivity contribution in [2.45, 2.75) is 39.2 Å². The van der Waals surface area contributed by atoms with E-state index in [4.69, 9.17) is 0 Å². The van der Waals surface area contributed by atoms with E-state index in [1.807, 2.05) is 12.2 Å². The molecule has 0 heterocycles. The zero-order chi connectivity index (χ0) is 8.53. The average Bonchev–Trinajstić information content (AvgIpc) is 1.96. The summed E-state index contributed by atoms with van der Waals surface area (Å²) in [6.07, 6.45) is 10.5. The van der Waals surface area contributed by atoms with Crippen molar-refractivity contribution >= 4 is 0 Å². The van der Waals surface area contributed by atoms with Gasteiger partial charge < -0.3 is 5.11 Å². The van der Waals surface area contributed by atoms with Crippen molar-refractivity contribution in [1.82, 2.24) is 0 Å². The molecule has 0 spiro atoms. The van der Waals surface area contributed by atoms with Crippen LogP contribution in [0.1, 0.15) is 33.1 Å². The maximum Gasteiger partial charge on any atom is -0.0169 e. The average molecular weight is 153 g/mol. The van der Waals surface area contributed by atoms with Gasteiger partial charge in [-0.25, -0.2) is 0 Å². The van der Waals surface area contributed by atoms with Gasteiger partial charge in [-0.2, -0.15) is 0 Å². The van der Waals surface area contributed by atoms with E-state index in [2.05, 4.69) is 19.1 Å². The first-order chi connectivity index (χ1) is 5.27. The summed E-state index contributed by atoms with van der Waals surface area (Å²) < 4.78 is 0. The molecule has 0 aliphatic heterocycles. The van der Waals surface area contributed by atoms with Crippen LogP contribution in [0.3, 0.4) is 0 Å². The number of rotatable bonds is 5. The molecule has 1 nitrogen and oxygen atoms in total. The van der Waals surface area contributed by atoms with E-state index < -0.39 is 6.10 Å². The van der Waals surface area contributed by atoms with Gasteiger partial charge in [-0.3, -0.25) is 0 Å². The highest BCUT2D eigenvalue weighted by Crippen LogP contribution is 1.92. The summed E-state index contributed by atoms with van der Waals surface area (Å²) in [4.78, 5) is 0. The van der Waals surface area contributed by atoms with Gasteiger partial charge in [0.1, 0.15) is 0 Å². The summed E-state index contributed by atoms with van der Waals surface area (Å²) in [5, 5.41) is 10.5. The molecule has 0 bridgehead atoms. The Bertz CT molecular complexity index is 123. The topological polar surface area (TPSA) is 23.1 Å². The van der Waals surface area contributed by atoms with Crippen LogP contribution in [0.4, 0.5) is 0 Å². The van der Waals surface area contributed by atoms with Crippen LogP contribution in [0.2, 0.25) is 0 Å². The molecule has 0 aromatic heterocycles. The molecule has 0 saturated heterocycles. The summed E-state index contributed by atoms with van der Waals surface area (Å²) in [6, 6.07) is 0. The molecule has 0 aromatic rings. The van der Waals surface area contributed by atoms with Crippen LogP contribution >= 0.6 is 0 Å². The molecule has 0 saturated carbocycles. The van der Waals surface area contributed by atoms with Gasteiger partial charge in [0, 0.05) is 0 Å². The van der Waals surface area contributed by atoms with Crippen LogP contribution in [0, 0.1) is 0 Å². The van der Waals surface area contributed by atoms with Crippen LogP contribution in [0.25, 0.3) is 0 Å². The Hall–Kier alpha value is -0.560. The molecule has 0 rings (SSSR count). The minimum absolute atomic E-state index is 0.457. The first-order valence-corrected chi connectivity index (χ1v) is 4.23. The Labute approximate surface area is 69.4 Å². The van der Waals surface area contributed by atoms with Gasteiger partial charge in [0.05, 0.1) is 0 Å². The van der Waals surface area contributed by atoms with Gasteiger partial charge >= 0.3 is 0 Å². The second-order valence-corrected chi connectivity index (χ2v) is 2.63. The van der Waals surface area contributed by atoms with Gasteiger partial charge in [0.15, 0.2) is 0 Å². The SMILES string of the molecule is CC/C=C/C/C=C/CC(C)[O-]. The van der Waals surface area contributed by atoms with Gasteiger partial charge in [0.25, 0.3) is 0 Å². The second-order valence-electron chi connectivity index (χ2n) is 2.63. The monoisotopic (exact) mass is 153 g/mol. The van der Waals surface area contributed by atoms with Gasteiger partial charge in [0.2, 0.25) is 0 Å². The predicted molar refractivity (Wildman–Crippen MR) is 47.3 cm³/mol. The first-order valence-electron chi connectivity index (χ1n) is 4.23. The van der Waals surface area contributed by atoms with E-state index in [1.165, 1.54) is 0 Å². The van der Waals surface area contributed by atoms with E-state index in [9.17, 15) is 5.11 Å². The van der Waals surface area contributed by atoms with E-state index in [-0.39, 0.29) is 0 Å². The lowest BCUT2D eigenvalue weighted by Gasteiger charge is -2.11. The predicted octanol–water partition coefficient (Wildman–Crippen LogP) is 2.04. The standard InChI is InChI=1S/C10H17O/c1-3-4-5-6-7-8-9-10(2)11/h4-5,7-8,10H,3,6,9H2,1-2H3/q-1/b5-4+,8-7+. The van der Waals surface area contributed by atoms with Crippen molar-refractivity contribution in [2.24, 2.45) is 0 Å². The quantitative estimate of drug-likeness (QED) is 0.554. The maximum absolute atomic E-state index is 10.5. The summed E-state index contributed by atoms with van der Waals surface area (Å²) in [6.45, 7) is 3.80. The van der Waals surface area contributed by atoms with Gasteiger partial charge in [-0.15, -0.1) is 6.10 Å². The summed E-state index contributed by atoms with van der Waals surface area (Å²) >= 11 is 0. The van der Waals surface area contributed by atoms with Crippen LogP contribution < -0.4 is 5.11 Å². The third-order valence-electron chi connectivity index (χ3n) is 1.31. The van der Waals surface area contributed by atoms with Crippen molar-refractivity contribution < 1.29 is 5.11 Å². The molecule has 64 valence electrons. The summed E-state index contributed by atoms with van der Waals surface area (Å²) in [5.74, 6) is 0. The molecule has 1 atom stereocenters. The Morgan fingerprint density at radius 1 is 1.18 bits per heavy atom. The fraction of sp³-hybridized carbons (Fsp3) is 0.600. The Morgan fingerprint density at radius 2 is 1.82 bits per heavy atom. The van der Waals surface area contributed by atoms with Crippen molar-refractivity contribution in [3.05, 3.63) is 24.3 Å². The number of hydrogen-bond donors (Lipinski definition) is 0. The molecule has 0 amide bonds. The fourth-order valence-electron chi connectivity index (χ4n) is 0.726. The normalized spacial score (nSPS) is 14.8. The van der Waals surface area contributed by atoms with E-state index in [0.29, 0.717) is 6.42 Å². The summed E-state index contributed by atoms with van der Waals surface area (Å²) in [7, 11) is 0. The highest BCUT2D eigenvalue weighted by molar-refractivity contribution is 4.92. The third-order valence-corrected chi connectivity index (χ3v) is 1.31. The zero-order valence-electron chi connectivity index (χ0n) is 7.42. The third kappa shape index (κ3) is 9.44. The molecule has 0 aliphatic rings. The van der Waals surface area contributed by atoms with E-state index >= 15 is 0 Å². The van der Waals surface area contributed by atoms with E-state index in [0.717, 1.165) is 12.8 Å². The maximum atomic E-state index is 10.5. The van der Waals surface area contributed by atoms with Gasteiger partial charge in [-0.05, 0) is 19.3 Å². The van der Waals surface area contributed by atoms with Crippen molar-refractivity contribution in [3.63, 3.8) is 0 Å². The van der Waals surface area contributed by atoms with Crippen LogP contribution in [-0.2, 0) is 0 Å². The smallest absolute Gasteiger partial charge is 0.0169 e. The second kappa shape index (κ2) is 7.55. The molecule has 1 heteroatoms. The number of allylic oxidation sites excluding steroid dienone is 3. The lowest BCUT2D eigenvalue weighted by Crippen LogP contribution is -2.18. The fourth-order valence-corrected chi connectivity index (χ4v) is 0.726.